The molecule has 2 rings (SSSR count). The van der Waals surface area contributed by atoms with Crippen LogP contribution in [0.4, 0.5) is 0 Å². The molecule has 1 atom stereocenters. The van der Waals surface area contributed by atoms with Crippen LogP contribution in [0.25, 0.3) is 0 Å². The lowest BCUT2D eigenvalue weighted by atomic mass is 10.2. The zero-order valence-electron chi connectivity index (χ0n) is 10.4. The molecule has 92 valence electrons. The van der Waals surface area contributed by atoms with Gasteiger partial charge in [-0.05, 0) is 32.9 Å². The summed E-state index contributed by atoms with van der Waals surface area (Å²) in [4.78, 5) is 5.09. The van der Waals surface area contributed by atoms with E-state index in [1.165, 1.54) is 0 Å². The van der Waals surface area contributed by atoms with Crippen LogP contribution in [0.5, 0.6) is 0 Å². The van der Waals surface area contributed by atoms with Gasteiger partial charge >= 0.3 is 0 Å². The summed E-state index contributed by atoms with van der Waals surface area (Å²) < 4.78 is 17.4. The van der Waals surface area contributed by atoms with Crippen molar-refractivity contribution in [2.24, 2.45) is 4.99 Å². The lowest BCUT2D eigenvalue weighted by Gasteiger charge is -2.23. The van der Waals surface area contributed by atoms with Crippen LogP contribution in [-0.2, 0) is 15.5 Å². The summed E-state index contributed by atoms with van der Waals surface area (Å²) in [6.45, 7) is 7.11. The quantitative estimate of drug-likeness (QED) is 0.827. The Morgan fingerprint density at radius 1 is 1.29 bits per heavy atom. The van der Waals surface area contributed by atoms with Crippen molar-refractivity contribution >= 4 is 16.7 Å². The molecule has 3 nitrogen and oxygen atoms in total. The predicted molar refractivity (Wildman–Crippen MR) is 69.9 cm³/mol. The minimum Gasteiger partial charge on any atom is -0.478 e. The zero-order valence-corrected chi connectivity index (χ0v) is 11.2. The number of rotatable bonds is 3. The fourth-order valence-electron chi connectivity index (χ4n) is 1.74. The summed E-state index contributed by atoms with van der Waals surface area (Å²) in [6.07, 6.45) is 0. The van der Waals surface area contributed by atoms with Gasteiger partial charge in [-0.2, -0.15) is 0 Å². The highest BCUT2D eigenvalue weighted by Crippen LogP contribution is 2.25. The maximum absolute atomic E-state index is 12.5. The second-order valence-corrected chi connectivity index (χ2v) is 6.66. The van der Waals surface area contributed by atoms with Crippen molar-refractivity contribution in [3.8, 4) is 0 Å². The van der Waals surface area contributed by atoms with E-state index in [-0.39, 0.29) is 0 Å². The number of hydrogen-bond acceptors (Lipinski definition) is 3. The molecule has 0 fully saturated rings. The van der Waals surface area contributed by atoms with E-state index in [0.717, 1.165) is 10.5 Å². The van der Waals surface area contributed by atoms with Gasteiger partial charge in [-0.15, -0.1) is 0 Å². The molecule has 1 aromatic carbocycles. The topological polar surface area (TPSA) is 38.7 Å². The first-order valence-electron chi connectivity index (χ1n) is 5.68. The Bertz CT molecular complexity index is 463. The molecule has 1 aliphatic heterocycles. The summed E-state index contributed by atoms with van der Waals surface area (Å²) in [5.41, 5.74) is 1.16. The first kappa shape index (κ1) is 12.3. The minimum atomic E-state index is -1.15. The average Bonchev–Trinajstić information content (AvgIpc) is 2.83. The Hall–Kier alpha value is -1.16. The second-order valence-electron chi connectivity index (χ2n) is 4.63. The van der Waals surface area contributed by atoms with Crippen molar-refractivity contribution in [1.29, 1.82) is 0 Å². The normalized spacial score (nSPS) is 17.5. The van der Waals surface area contributed by atoms with E-state index >= 15 is 0 Å². The first-order valence-corrected chi connectivity index (χ1v) is 6.83. The first-order chi connectivity index (χ1) is 8.01. The lowest BCUT2D eigenvalue weighted by molar-refractivity contribution is 0.331. The van der Waals surface area contributed by atoms with E-state index in [0.29, 0.717) is 19.0 Å². The highest BCUT2D eigenvalue weighted by atomic mass is 32.2. The van der Waals surface area contributed by atoms with Gasteiger partial charge < -0.3 is 4.74 Å². The summed E-state index contributed by atoms with van der Waals surface area (Å²) in [5.74, 6) is 0.608. The summed E-state index contributed by atoms with van der Waals surface area (Å²) >= 11 is 0. The van der Waals surface area contributed by atoms with Gasteiger partial charge in [-0.3, -0.25) is 9.20 Å². The largest absolute Gasteiger partial charge is 0.478 e. The van der Waals surface area contributed by atoms with Gasteiger partial charge in [-0.25, -0.2) is 0 Å². The Morgan fingerprint density at radius 3 is 2.47 bits per heavy atom. The van der Waals surface area contributed by atoms with Gasteiger partial charge in [0, 0.05) is 4.90 Å². The molecule has 0 amide bonds. The minimum absolute atomic E-state index is 0.564. The Balaban J connectivity index is 2.27. The number of benzene rings is 1. The molecular formula is C13H17NO2S. The van der Waals surface area contributed by atoms with Crippen molar-refractivity contribution in [1.82, 2.24) is 0 Å². The van der Waals surface area contributed by atoms with Gasteiger partial charge in [0.1, 0.15) is 11.4 Å². The van der Waals surface area contributed by atoms with E-state index < -0.39 is 15.5 Å². The summed E-state index contributed by atoms with van der Waals surface area (Å²) in [5, 5.41) is 0. The average molecular weight is 251 g/mol. The van der Waals surface area contributed by atoms with E-state index in [1.54, 1.807) is 0 Å². The smallest absolute Gasteiger partial charge is 0.202 e. The molecule has 17 heavy (non-hydrogen) atoms. The highest BCUT2D eigenvalue weighted by molar-refractivity contribution is 7.87. The predicted octanol–water partition coefficient (Wildman–Crippen LogP) is 2.31. The summed E-state index contributed by atoms with van der Waals surface area (Å²) in [7, 11) is -1.15. The maximum atomic E-state index is 12.5. The molecule has 0 bridgehead atoms. The van der Waals surface area contributed by atoms with Crippen LogP contribution >= 0.6 is 0 Å². The number of nitrogens with zero attached hydrogens (tertiary/aromatic N) is 1. The molecule has 0 aromatic heterocycles. The molecule has 0 aliphatic carbocycles. The fourth-order valence-corrected chi connectivity index (χ4v) is 2.99. The van der Waals surface area contributed by atoms with Crippen LogP contribution in [0.2, 0.25) is 0 Å². The highest BCUT2D eigenvalue weighted by Gasteiger charge is 2.36. The zero-order chi connectivity index (χ0) is 12.5. The van der Waals surface area contributed by atoms with Crippen molar-refractivity contribution in [2.45, 2.75) is 30.4 Å². The third-order valence-electron chi connectivity index (χ3n) is 2.80. The van der Waals surface area contributed by atoms with Crippen LogP contribution in [0.3, 0.4) is 0 Å². The van der Waals surface area contributed by atoms with Crippen molar-refractivity contribution in [3.05, 3.63) is 29.8 Å². The maximum Gasteiger partial charge on any atom is 0.202 e. The number of aliphatic imine (C=N–C) groups is 1. The summed E-state index contributed by atoms with van der Waals surface area (Å²) in [6, 6.07) is 7.76. The van der Waals surface area contributed by atoms with Crippen molar-refractivity contribution < 1.29 is 8.95 Å². The molecule has 0 N–H and O–H groups in total. The van der Waals surface area contributed by atoms with Crippen LogP contribution in [-0.4, -0.2) is 28.0 Å². The van der Waals surface area contributed by atoms with Gasteiger partial charge in [-0.1, -0.05) is 17.7 Å². The molecule has 1 aliphatic rings. The van der Waals surface area contributed by atoms with E-state index in [2.05, 4.69) is 4.99 Å². The van der Waals surface area contributed by atoms with Gasteiger partial charge in [0.2, 0.25) is 5.90 Å². The Labute approximate surface area is 104 Å². The van der Waals surface area contributed by atoms with E-state index in [4.69, 9.17) is 4.74 Å². The molecule has 1 unspecified atom stereocenters. The van der Waals surface area contributed by atoms with Gasteiger partial charge in [0.15, 0.2) is 0 Å². The van der Waals surface area contributed by atoms with Crippen molar-refractivity contribution in [2.75, 3.05) is 13.2 Å². The fraction of sp³-hybridized carbons (Fsp3) is 0.462. The van der Waals surface area contributed by atoms with E-state index in [9.17, 15) is 4.21 Å². The van der Waals surface area contributed by atoms with Crippen LogP contribution in [0.15, 0.2) is 34.2 Å². The molecule has 0 radical (unpaired) electrons. The Morgan fingerprint density at radius 2 is 1.94 bits per heavy atom. The Kier molecular flexibility index (Phi) is 3.33. The number of ether oxygens (including phenoxy) is 1. The van der Waals surface area contributed by atoms with E-state index in [1.807, 2.05) is 45.0 Å². The number of aryl methyl sites for hydroxylation is 1. The van der Waals surface area contributed by atoms with Crippen LogP contribution in [0, 0.1) is 6.92 Å². The standard InChI is InChI=1S/C13H17NO2S/c1-10-4-6-11(7-5-10)17(15)13(2,3)12-14-8-9-16-12/h4-7H,8-9H2,1-3H3. The van der Waals surface area contributed by atoms with Crippen LogP contribution < -0.4 is 0 Å². The van der Waals surface area contributed by atoms with Crippen molar-refractivity contribution in [3.63, 3.8) is 0 Å². The third-order valence-corrected chi connectivity index (χ3v) is 4.60. The van der Waals surface area contributed by atoms with Gasteiger partial charge in [0.05, 0.1) is 17.3 Å². The molecule has 0 saturated heterocycles. The van der Waals surface area contributed by atoms with Gasteiger partial charge in [0.25, 0.3) is 0 Å². The molecule has 0 spiro atoms. The number of hydrogen-bond donors (Lipinski definition) is 0. The SMILES string of the molecule is Cc1ccc(S(=O)C(C)(C)C2=NCCO2)cc1. The molecule has 0 saturated carbocycles. The molecule has 1 heterocycles. The molecular weight excluding hydrogens is 234 g/mol. The lowest BCUT2D eigenvalue weighted by Crippen LogP contribution is -2.37. The molecule has 4 heteroatoms. The van der Waals surface area contributed by atoms with Crippen LogP contribution in [0.1, 0.15) is 19.4 Å². The monoisotopic (exact) mass is 251 g/mol. The third kappa shape index (κ3) is 2.41. The second kappa shape index (κ2) is 4.61. The molecule has 1 aromatic rings.